The third-order valence-corrected chi connectivity index (χ3v) is 2.76. The Balaban J connectivity index is 2.57. The van der Waals surface area contributed by atoms with Crippen LogP contribution in [0.3, 0.4) is 0 Å². The van der Waals surface area contributed by atoms with E-state index < -0.39 is 5.82 Å². The molecule has 1 aromatic heterocycles. The smallest absolute Gasteiger partial charge is 0.167 e. The minimum absolute atomic E-state index is 0.118. The fourth-order valence-electron chi connectivity index (χ4n) is 1.93. The first kappa shape index (κ1) is 13.5. The Labute approximate surface area is 111 Å². The van der Waals surface area contributed by atoms with Crippen LogP contribution in [0.1, 0.15) is 19.4 Å². The lowest BCUT2D eigenvalue weighted by Gasteiger charge is -2.11. The maximum absolute atomic E-state index is 13.8. The van der Waals surface area contributed by atoms with E-state index in [0.717, 1.165) is 5.39 Å². The number of nitrogens with zero attached hydrogens (tertiary/aromatic N) is 1. The predicted molar refractivity (Wildman–Crippen MR) is 73.0 cm³/mol. The molecule has 5 heteroatoms. The summed E-state index contributed by atoms with van der Waals surface area (Å²) in [5.74, 6) is 0.360. The number of hydrogen-bond acceptors (Lipinski definition) is 4. The lowest BCUT2D eigenvalue weighted by atomic mass is 10.1. The fourth-order valence-corrected chi connectivity index (χ4v) is 1.93. The summed E-state index contributed by atoms with van der Waals surface area (Å²) in [6.45, 7) is 4.71. The Hall–Kier alpha value is -1.88. The van der Waals surface area contributed by atoms with Crippen molar-refractivity contribution in [2.75, 3.05) is 18.5 Å². The second-order valence-corrected chi connectivity index (χ2v) is 4.09. The second kappa shape index (κ2) is 5.84. The molecule has 0 bridgehead atoms. The number of rotatable bonds is 5. The van der Waals surface area contributed by atoms with Crippen molar-refractivity contribution in [1.82, 2.24) is 4.98 Å². The van der Waals surface area contributed by atoms with E-state index >= 15 is 0 Å². The van der Waals surface area contributed by atoms with Gasteiger partial charge in [0.2, 0.25) is 0 Å². The van der Waals surface area contributed by atoms with Gasteiger partial charge < -0.3 is 15.2 Å². The van der Waals surface area contributed by atoms with Crippen LogP contribution in [0.5, 0.6) is 5.75 Å². The number of ether oxygens (including phenoxy) is 1. The average Bonchev–Trinajstić information content (AvgIpc) is 2.40. The molecule has 0 saturated carbocycles. The number of pyridine rings is 1. The average molecular weight is 264 g/mol. The van der Waals surface area contributed by atoms with E-state index in [0.29, 0.717) is 30.0 Å². The number of aromatic nitrogens is 1. The molecule has 2 rings (SSSR count). The Morgan fingerprint density at radius 2 is 2.11 bits per heavy atom. The number of nitrogens with one attached hydrogen (secondary N) is 1. The van der Waals surface area contributed by atoms with E-state index in [-0.39, 0.29) is 12.4 Å². The number of halogens is 1. The van der Waals surface area contributed by atoms with Crippen LogP contribution in [-0.2, 0) is 6.61 Å². The summed E-state index contributed by atoms with van der Waals surface area (Å²) in [7, 11) is 0. The summed E-state index contributed by atoms with van der Waals surface area (Å²) >= 11 is 0. The molecule has 4 nitrogen and oxygen atoms in total. The predicted octanol–water partition coefficient (Wildman–Crippen LogP) is 2.70. The standard InChI is InChI=1S/C14H17FN2O2/c1-3-16-14-10(8-18)5-9-6-13(19-4-2)11(15)7-12(9)17-14/h5-7,18H,3-4,8H2,1-2H3,(H,16,17). The molecule has 0 aliphatic rings. The lowest BCUT2D eigenvalue weighted by Crippen LogP contribution is -2.04. The van der Waals surface area contributed by atoms with Gasteiger partial charge in [-0.15, -0.1) is 0 Å². The highest BCUT2D eigenvalue weighted by Gasteiger charge is 2.10. The van der Waals surface area contributed by atoms with Gasteiger partial charge in [-0.2, -0.15) is 0 Å². The van der Waals surface area contributed by atoms with E-state index in [4.69, 9.17) is 4.74 Å². The highest BCUT2D eigenvalue weighted by Crippen LogP contribution is 2.27. The van der Waals surface area contributed by atoms with Gasteiger partial charge in [0.1, 0.15) is 5.82 Å². The first-order chi connectivity index (χ1) is 9.19. The van der Waals surface area contributed by atoms with Gasteiger partial charge in [0, 0.05) is 23.6 Å². The highest BCUT2D eigenvalue weighted by atomic mass is 19.1. The van der Waals surface area contributed by atoms with Crippen LogP contribution in [0.15, 0.2) is 18.2 Å². The number of aliphatic hydroxyl groups is 1. The van der Waals surface area contributed by atoms with Crippen molar-refractivity contribution in [1.29, 1.82) is 0 Å². The topological polar surface area (TPSA) is 54.4 Å². The Morgan fingerprint density at radius 3 is 2.74 bits per heavy atom. The van der Waals surface area contributed by atoms with Crippen LogP contribution in [0, 0.1) is 5.82 Å². The molecule has 0 fully saturated rings. The molecule has 0 radical (unpaired) electrons. The van der Waals surface area contributed by atoms with Crippen LogP contribution in [0.25, 0.3) is 10.9 Å². The molecule has 0 spiro atoms. The summed E-state index contributed by atoms with van der Waals surface area (Å²) in [6, 6.07) is 4.75. The largest absolute Gasteiger partial charge is 0.491 e. The molecule has 0 unspecified atom stereocenters. The van der Waals surface area contributed by atoms with Crippen molar-refractivity contribution >= 4 is 16.7 Å². The van der Waals surface area contributed by atoms with Crippen molar-refractivity contribution in [3.8, 4) is 5.75 Å². The number of anilines is 1. The number of benzene rings is 1. The summed E-state index contributed by atoms with van der Waals surface area (Å²) in [4.78, 5) is 4.33. The first-order valence-electron chi connectivity index (χ1n) is 6.30. The quantitative estimate of drug-likeness (QED) is 0.871. The van der Waals surface area contributed by atoms with E-state index in [1.165, 1.54) is 6.07 Å². The first-order valence-corrected chi connectivity index (χ1v) is 6.30. The maximum Gasteiger partial charge on any atom is 0.167 e. The number of fused-ring (bicyclic) bond motifs is 1. The van der Waals surface area contributed by atoms with Crippen LogP contribution in [0.2, 0.25) is 0 Å². The van der Waals surface area contributed by atoms with Crippen LogP contribution in [0.4, 0.5) is 10.2 Å². The molecule has 0 aliphatic carbocycles. The number of hydrogen-bond donors (Lipinski definition) is 2. The van der Waals surface area contributed by atoms with Gasteiger partial charge in [0.25, 0.3) is 0 Å². The van der Waals surface area contributed by atoms with Gasteiger partial charge in [0.05, 0.1) is 18.7 Å². The van der Waals surface area contributed by atoms with E-state index in [1.807, 2.05) is 6.92 Å². The molecule has 2 N–H and O–H groups in total. The van der Waals surface area contributed by atoms with E-state index in [1.54, 1.807) is 19.1 Å². The molecular weight excluding hydrogens is 247 g/mol. The van der Waals surface area contributed by atoms with Gasteiger partial charge in [-0.3, -0.25) is 0 Å². The summed E-state index contributed by atoms with van der Waals surface area (Å²) in [6.07, 6.45) is 0. The number of aliphatic hydroxyl groups excluding tert-OH is 1. The Bertz CT molecular complexity index is 587. The minimum atomic E-state index is -0.430. The zero-order valence-electron chi connectivity index (χ0n) is 11.0. The molecular formula is C14H17FN2O2. The monoisotopic (exact) mass is 264 g/mol. The fraction of sp³-hybridized carbons (Fsp3) is 0.357. The van der Waals surface area contributed by atoms with Gasteiger partial charge in [0.15, 0.2) is 11.6 Å². The Kier molecular flexibility index (Phi) is 4.16. The van der Waals surface area contributed by atoms with E-state index in [2.05, 4.69) is 10.3 Å². The molecule has 19 heavy (non-hydrogen) atoms. The zero-order valence-corrected chi connectivity index (χ0v) is 11.0. The highest BCUT2D eigenvalue weighted by molar-refractivity contribution is 5.83. The lowest BCUT2D eigenvalue weighted by molar-refractivity contribution is 0.282. The normalized spacial score (nSPS) is 10.7. The molecule has 0 amide bonds. The van der Waals surface area contributed by atoms with Crippen LogP contribution < -0.4 is 10.1 Å². The molecule has 0 aliphatic heterocycles. The van der Waals surface area contributed by atoms with Crippen molar-refractivity contribution in [3.05, 3.63) is 29.6 Å². The third kappa shape index (κ3) is 2.76. The molecule has 1 aromatic carbocycles. The molecule has 0 saturated heterocycles. The third-order valence-electron chi connectivity index (χ3n) is 2.76. The van der Waals surface area contributed by atoms with Gasteiger partial charge in [-0.1, -0.05) is 0 Å². The molecule has 0 atom stereocenters. The zero-order chi connectivity index (χ0) is 13.8. The van der Waals surface area contributed by atoms with Crippen LogP contribution >= 0.6 is 0 Å². The van der Waals surface area contributed by atoms with Gasteiger partial charge in [-0.25, -0.2) is 9.37 Å². The summed E-state index contributed by atoms with van der Waals surface area (Å²) in [5.41, 5.74) is 1.22. The molecule has 2 aromatic rings. The van der Waals surface area contributed by atoms with Crippen molar-refractivity contribution in [3.63, 3.8) is 0 Å². The molecule has 102 valence electrons. The van der Waals surface area contributed by atoms with E-state index in [9.17, 15) is 9.50 Å². The van der Waals surface area contributed by atoms with Crippen molar-refractivity contribution in [2.45, 2.75) is 20.5 Å². The van der Waals surface area contributed by atoms with Crippen molar-refractivity contribution in [2.24, 2.45) is 0 Å². The Morgan fingerprint density at radius 1 is 1.32 bits per heavy atom. The van der Waals surface area contributed by atoms with Crippen molar-refractivity contribution < 1.29 is 14.2 Å². The van der Waals surface area contributed by atoms with Gasteiger partial charge in [-0.05, 0) is 26.0 Å². The summed E-state index contributed by atoms with van der Waals surface area (Å²) < 4.78 is 19.0. The SMILES string of the molecule is CCNc1nc2cc(F)c(OCC)cc2cc1CO. The van der Waals surface area contributed by atoms with Gasteiger partial charge >= 0.3 is 0 Å². The maximum atomic E-state index is 13.8. The minimum Gasteiger partial charge on any atom is -0.491 e. The van der Waals surface area contributed by atoms with Crippen LogP contribution in [-0.4, -0.2) is 23.2 Å². The summed E-state index contributed by atoms with van der Waals surface area (Å²) in [5, 5.41) is 13.1. The second-order valence-electron chi connectivity index (χ2n) is 4.09. The molecule has 1 heterocycles.